The monoisotopic (exact) mass is 311 g/mol. The number of likely N-dealkylation sites (tertiary alicyclic amines) is 1. The molecule has 0 aromatic carbocycles. The second-order valence-electron chi connectivity index (χ2n) is 4.49. The van der Waals surface area contributed by atoms with Crippen molar-refractivity contribution in [3.05, 3.63) is 28.5 Å². The summed E-state index contributed by atoms with van der Waals surface area (Å²) in [5.41, 5.74) is 0.457. The fraction of sp³-hybridized carbons (Fsp3) is 0.538. The summed E-state index contributed by atoms with van der Waals surface area (Å²) in [5.74, 6) is -0.108. The zero-order chi connectivity index (χ0) is 12.8. The molecule has 1 saturated heterocycles. The molecule has 0 spiro atoms. The number of nitrogens with zero attached hydrogens (tertiary/aromatic N) is 2. The molecule has 1 fully saturated rings. The zero-order valence-corrected chi connectivity index (χ0v) is 11.9. The lowest BCUT2D eigenvalue weighted by molar-refractivity contribution is 0.0946. The van der Waals surface area contributed by atoms with E-state index in [1.807, 2.05) is 6.07 Å². The van der Waals surface area contributed by atoms with E-state index in [-0.39, 0.29) is 5.91 Å². The first-order chi connectivity index (χ1) is 8.77. The summed E-state index contributed by atoms with van der Waals surface area (Å²) in [6.45, 7) is 4.20. The van der Waals surface area contributed by atoms with Gasteiger partial charge in [-0.3, -0.25) is 4.79 Å². The number of nitrogens with one attached hydrogen (secondary N) is 1. The molecule has 1 aromatic heterocycles. The van der Waals surface area contributed by atoms with Crippen molar-refractivity contribution in [1.29, 1.82) is 0 Å². The molecule has 98 valence electrons. The van der Waals surface area contributed by atoms with E-state index < -0.39 is 0 Å². The van der Waals surface area contributed by atoms with Crippen LogP contribution in [-0.2, 0) is 0 Å². The second-order valence-corrected chi connectivity index (χ2v) is 5.35. The van der Waals surface area contributed by atoms with E-state index in [9.17, 15) is 4.79 Å². The van der Waals surface area contributed by atoms with Gasteiger partial charge < -0.3 is 10.2 Å². The maximum absolute atomic E-state index is 11.8. The number of carbonyl (C=O) groups is 1. The summed E-state index contributed by atoms with van der Waals surface area (Å²) < 4.78 is 0.738. The fourth-order valence-corrected chi connectivity index (χ4v) is 2.58. The van der Waals surface area contributed by atoms with Gasteiger partial charge in [0.15, 0.2) is 0 Å². The Kier molecular flexibility index (Phi) is 5.13. The van der Waals surface area contributed by atoms with Crippen molar-refractivity contribution >= 4 is 21.8 Å². The standard InChI is InChI=1S/C13H18BrN3O/c14-11-5-3-6-15-12(11)13(18)16-7-4-10-17-8-1-2-9-17/h3,5-6H,1-2,4,7-10H2,(H,16,18). The van der Waals surface area contributed by atoms with E-state index >= 15 is 0 Å². The van der Waals surface area contributed by atoms with E-state index in [1.54, 1.807) is 12.3 Å². The van der Waals surface area contributed by atoms with Crippen LogP contribution in [0.1, 0.15) is 29.8 Å². The highest BCUT2D eigenvalue weighted by Gasteiger charge is 2.12. The number of carbonyl (C=O) groups excluding carboxylic acids is 1. The van der Waals surface area contributed by atoms with Gasteiger partial charge >= 0.3 is 0 Å². The summed E-state index contributed by atoms with van der Waals surface area (Å²) in [4.78, 5) is 18.4. The van der Waals surface area contributed by atoms with Crippen molar-refractivity contribution in [2.24, 2.45) is 0 Å². The Morgan fingerprint density at radius 3 is 2.94 bits per heavy atom. The number of rotatable bonds is 5. The van der Waals surface area contributed by atoms with Crippen LogP contribution in [0.15, 0.2) is 22.8 Å². The van der Waals surface area contributed by atoms with E-state index in [2.05, 4.69) is 31.1 Å². The molecule has 1 amide bonds. The Hall–Kier alpha value is -0.940. The highest BCUT2D eigenvalue weighted by atomic mass is 79.9. The third kappa shape index (κ3) is 3.78. The van der Waals surface area contributed by atoms with Crippen LogP contribution in [-0.4, -0.2) is 42.0 Å². The highest BCUT2D eigenvalue weighted by molar-refractivity contribution is 9.10. The predicted octanol–water partition coefficient (Wildman–Crippen LogP) is 2.06. The maximum Gasteiger partial charge on any atom is 0.271 e. The van der Waals surface area contributed by atoms with Crippen LogP contribution in [0.4, 0.5) is 0 Å². The largest absolute Gasteiger partial charge is 0.351 e. The smallest absolute Gasteiger partial charge is 0.271 e. The van der Waals surface area contributed by atoms with Gasteiger partial charge in [0, 0.05) is 17.2 Å². The third-order valence-electron chi connectivity index (χ3n) is 3.11. The van der Waals surface area contributed by atoms with E-state index in [1.165, 1.54) is 25.9 Å². The van der Waals surface area contributed by atoms with Crippen LogP contribution in [0.5, 0.6) is 0 Å². The Morgan fingerprint density at radius 1 is 1.44 bits per heavy atom. The van der Waals surface area contributed by atoms with Crippen LogP contribution in [0, 0.1) is 0 Å². The van der Waals surface area contributed by atoms with Gasteiger partial charge in [0.2, 0.25) is 0 Å². The van der Waals surface area contributed by atoms with Gasteiger partial charge in [-0.1, -0.05) is 0 Å². The van der Waals surface area contributed by atoms with Crippen molar-refractivity contribution < 1.29 is 4.79 Å². The average molecular weight is 312 g/mol. The molecule has 4 nitrogen and oxygen atoms in total. The molecule has 0 bridgehead atoms. The number of pyridine rings is 1. The third-order valence-corrected chi connectivity index (χ3v) is 3.75. The fourth-order valence-electron chi connectivity index (χ4n) is 2.15. The van der Waals surface area contributed by atoms with Crippen LogP contribution < -0.4 is 5.32 Å². The summed E-state index contributed by atoms with van der Waals surface area (Å²) in [6, 6.07) is 3.63. The number of amides is 1. The molecule has 0 radical (unpaired) electrons. The van der Waals surface area contributed by atoms with Gasteiger partial charge in [-0.25, -0.2) is 4.98 Å². The van der Waals surface area contributed by atoms with Crippen LogP contribution in [0.2, 0.25) is 0 Å². The summed E-state index contributed by atoms with van der Waals surface area (Å²) in [6.07, 6.45) is 5.25. The van der Waals surface area contributed by atoms with Crippen LogP contribution in [0.3, 0.4) is 0 Å². The first kappa shape index (κ1) is 13.5. The van der Waals surface area contributed by atoms with E-state index in [0.717, 1.165) is 17.4 Å². The van der Waals surface area contributed by atoms with Crippen molar-refractivity contribution in [3.8, 4) is 0 Å². The molecule has 1 aromatic rings. The molecular weight excluding hydrogens is 294 g/mol. The lowest BCUT2D eigenvalue weighted by atomic mass is 10.3. The van der Waals surface area contributed by atoms with Gasteiger partial charge in [-0.2, -0.15) is 0 Å². The SMILES string of the molecule is O=C(NCCCN1CCCC1)c1ncccc1Br. The van der Waals surface area contributed by atoms with Gasteiger partial charge in [-0.05, 0) is 67.0 Å². The molecule has 18 heavy (non-hydrogen) atoms. The molecule has 0 atom stereocenters. The molecular formula is C13H18BrN3O. The summed E-state index contributed by atoms with van der Waals surface area (Å²) >= 11 is 3.33. The summed E-state index contributed by atoms with van der Waals surface area (Å²) in [7, 11) is 0. The lowest BCUT2D eigenvalue weighted by Crippen LogP contribution is -2.29. The minimum atomic E-state index is -0.108. The molecule has 1 aliphatic heterocycles. The maximum atomic E-state index is 11.8. The normalized spacial score (nSPS) is 15.8. The first-order valence-electron chi connectivity index (χ1n) is 6.38. The van der Waals surface area contributed by atoms with Crippen LogP contribution >= 0.6 is 15.9 Å². The van der Waals surface area contributed by atoms with Gasteiger partial charge in [0.25, 0.3) is 5.91 Å². The number of aromatic nitrogens is 1. The average Bonchev–Trinajstić information content (AvgIpc) is 2.88. The molecule has 5 heteroatoms. The minimum Gasteiger partial charge on any atom is -0.351 e. The Bertz CT molecular complexity index is 405. The van der Waals surface area contributed by atoms with Crippen molar-refractivity contribution in [1.82, 2.24) is 15.2 Å². The minimum absolute atomic E-state index is 0.108. The number of hydrogen-bond donors (Lipinski definition) is 1. The molecule has 2 heterocycles. The van der Waals surface area contributed by atoms with Crippen molar-refractivity contribution in [2.75, 3.05) is 26.2 Å². The highest BCUT2D eigenvalue weighted by Crippen LogP contribution is 2.12. The summed E-state index contributed by atoms with van der Waals surface area (Å²) in [5, 5.41) is 2.91. The lowest BCUT2D eigenvalue weighted by Gasteiger charge is -2.14. The number of hydrogen-bond acceptors (Lipinski definition) is 3. The predicted molar refractivity (Wildman–Crippen MR) is 74.6 cm³/mol. The Balaban J connectivity index is 1.70. The van der Waals surface area contributed by atoms with Gasteiger partial charge in [0.1, 0.15) is 5.69 Å². The zero-order valence-electron chi connectivity index (χ0n) is 10.4. The molecule has 0 aliphatic carbocycles. The number of halogens is 1. The molecule has 1 aliphatic rings. The van der Waals surface area contributed by atoms with Crippen LogP contribution in [0.25, 0.3) is 0 Å². The van der Waals surface area contributed by atoms with E-state index in [4.69, 9.17) is 0 Å². The van der Waals surface area contributed by atoms with Gasteiger partial charge in [0.05, 0.1) is 0 Å². The van der Waals surface area contributed by atoms with Crippen molar-refractivity contribution in [2.45, 2.75) is 19.3 Å². The van der Waals surface area contributed by atoms with Crippen molar-refractivity contribution in [3.63, 3.8) is 0 Å². The Labute approximate surface area is 116 Å². The topological polar surface area (TPSA) is 45.2 Å². The molecule has 0 unspecified atom stereocenters. The molecule has 1 N–H and O–H groups in total. The second kappa shape index (κ2) is 6.85. The van der Waals surface area contributed by atoms with Gasteiger partial charge in [-0.15, -0.1) is 0 Å². The molecule has 2 rings (SSSR count). The van der Waals surface area contributed by atoms with E-state index in [0.29, 0.717) is 12.2 Å². The quantitative estimate of drug-likeness (QED) is 0.847. The molecule has 0 saturated carbocycles. The first-order valence-corrected chi connectivity index (χ1v) is 7.18. The Morgan fingerprint density at radius 2 is 2.22 bits per heavy atom.